The predicted octanol–water partition coefficient (Wildman–Crippen LogP) is 4.98. The SMILES string of the molecule is CCOc1ccccn1.F[P-](F)(F)(F)(F)F.[H+]. The van der Waals surface area contributed by atoms with Crippen molar-refractivity contribution in [2.24, 2.45) is 0 Å². The summed E-state index contributed by atoms with van der Waals surface area (Å²) in [5.74, 6) is 0.694. The van der Waals surface area contributed by atoms with E-state index in [1.54, 1.807) is 6.20 Å². The van der Waals surface area contributed by atoms with Gasteiger partial charge in [-0.05, 0) is 13.0 Å². The first-order valence-corrected chi connectivity index (χ1v) is 6.01. The Morgan fingerprint density at radius 3 is 2.00 bits per heavy atom. The Morgan fingerprint density at radius 1 is 1.19 bits per heavy atom. The van der Waals surface area contributed by atoms with Gasteiger partial charge in [0, 0.05) is 12.3 Å². The average Bonchev–Trinajstić information content (AvgIpc) is 2.01. The van der Waals surface area contributed by atoms with Gasteiger partial charge in [-0.3, -0.25) is 0 Å². The van der Waals surface area contributed by atoms with Gasteiger partial charge in [0.15, 0.2) is 0 Å². The monoisotopic (exact) mass is 269 g/mol. The summed E-state index contributed by atoms with van der Waals surface area (Å²) < 4.78 is 64.3. The summed E-state index contributed by atoms with van der Waals surface area (Å²) in [6.45, 7) is 2.62. The van der Waals surface area contributed by atoms with Crippen LogP contribution in [-0.4, -0.2) is 11.6 Å². The Morgan fingerprint density at radius 2 is 1.69 bits per heavy atom. The van der Waals surface area contributed by atoms with Crippen molar-refractivity contribution in [1.29, 1.82) is 0 Å². The number of halogens is 6. The molecule has 9 heteroatoms. The van der Waals surface area contributed by atoms with E-state index < -0.39 is 7.81 Å². The fraction of sp³-hybridized carbons (Fsp3) is 0.286. The van der Waals surface area contributed by atoms with Gasteiger partial charge in [0.25, 0.3) is 0 Å². The predicted molar refractivity (Wildman–Crippen MR) is 50.1 cm³/mol. The zero-order valence-corrected chi connectivity index (χ0v) is 8.98. The molecule has 0 fully saturated rings. The van der Waals surface area contributed by atoms with Crippen molar-refractivity contribution in [2.75, 3.05) is 6.61 Å². The van der Waals surface area contributed by atoms with Gasteiger partial charge in [-0.25, -0.2) is 4.98 Å². The molecule has 0 saturated heterocycles. The molecular formula is C7H10F6NOP. The molecule has 0 bridgehead atoms. The Bertz CT molecular complexity index is 316. The molecule has 0 aliphatic heterocycles. The maximum Gasteiger partial charge on any atom is 1.00 e. The smallest absolute Gasteiger partial charge is 1.00 e. The molecule has 1 aromatic heterocycles. The van der Waals surface area contributed by atoms with E-state index in [2.05, 4.69) is 4.98 Å². The minimum absolute atomic E-state index is 0. The van der Waals surface area contributed by atoms with E-state index in [0.717, 1.165) is 0 Å². The average molecular weight is 269 g/mol. The van der Waals surface area contributed by atoms with Gasteiger partial charge < -0.3 is 4.74 Å². The molecule has 1 aromatic rings. The number of hydrogen-bond donors (Lipinski definition) is 0. The van der Waals surface area contributed by atoms with Crippen LogP contribution in [-0.2, 0) is 0 Å². The number of aromatic nitrogens is 1. The van der Waals surface area contributed by atoms with Crippen molar-refractivity contribution in [1.82, 2.24) is 4.98 Å². The molecule has 2 nitrogen and oxygen atoms in total. The van der Waals surface area contributed by atoms with Crippen LogP contribution in [0.2, 0.25) is 0 Å². The van der Waals surface area contributed by atoms with Gasteiger partial charge >= 0.3 is 34.4 Å². The second-order valence-corrected chi connectivity index (χ2v) is 4.48. The topological polar surface area (TPSA) is 22.1 Å². The molecule has 0 N–H and O–H groups in total. The quantitative estimate of drug-likeness (QED) is 0.558. The van der Waals surface area contributed by atoms with Crippen LogP contribution in [0, 0.1) is 0 Å². The van der Waals surface area contributed by atoms with Crippen LogP contribution in [0.1, 0.15) is 8.35 Å². The molecule has 0 atom stereocenters. The van der Waals surface area contributed by atoms with Crippen molar-refractivity contribution in [3.8, 4) is 5.88 Å². The summed E-state index contributed by atoms with van der Waals surface area (Å²) in [6, 6.07) is 5.60. The molecule has 0 radical (unpaired) electrons. The third-order valence-corrected chi connectivity index (χ3v) is 0.930. The molecule has 1 rings (SSSR count). The first kappa shape index (κ1) is 15.0. The fourth-order valence-electron chi connectivity index (χ4n) is 0.580. The van der Waals surface area contributed by atoms with Gasteiger partial charge in [0.1, 0.15) is 0 Å². The van der Waals surface area contributed by atoms with E-state index >= 15 is 0 Å². The van der Waals surface area contributed by atoms with Crippen molar-refractivity contribution < 1.29 is 31.3 Å². The Balaban J connectivity index is 0. The number of ether oxygens (including phenoxy) is 1. The molecule has 0 aromatic carbocycles. The molecular weight excluding hydrogens is 259 g/mol. The molecule has 0 spiro atoms. The largest absolute Gasteiger partial charge is 1.00 e. The van der Waals surface area contributed by atoms with Gasteiger partial charge in [0.2, 0.25) is 5.88 Å². The normalized spacial score (nSPS) is 15.2. The summed E-state index contributed by atoms with van der Waals surface area (Å²) in [5, 5.41) is 0. The van der Waals surface area contributed by atoms with E-state index in [1.165, 1.54) is 0 Å². The Labute approximate surface area is 89.0 Å². The third kappa shape index (κ3) is 18.7. The molecule has 0 aliphatic carbocycles. The molecule has 0 aliphatic rings. The van der Waals surface area contributed by atoms with Gasteiger partial charge in [-0.2, -0.15) is 0 Å². The number of rotatable bonds is 2. The number of hydrogen-bond acceptors (Lipinski definition) is 2. The second kappa shape index (κ2) is 4.08. The molecule has 1 heterocycles. The minimum Gasteiger partial charge on any atom is 1.00 e. The maximum atomic E-state index is 9.87. The van der Waals surface area contributed by atoms with E-state index in [4.69, 9.17) is 4.74 Å². The van der Waals surface area contributed by atoms with Crippen LogP contribution in [0.5, 0.6) is 5.88 Å². The maximum absolute atomic E-state index is 10.7. The molecule has 0 saturated carbocycles. The van der Waals surface area contributed by atoms with E-state index in [9.17, 15) is 25.2 Å². The van der Waals surface area contributed by atoms with E-state index in [1.807, 2.05) is 25.1 Å². The summed E-state index contributed by atoms with van der Waals surface area (Å²) in [4.78, 5) is 3.95. The molecule has 16 heavy (non-hydrogen) atoms. The van der Waals surface area contributed by atoms with Crippen LogP contribution in [0.4, 0.5) is 25.2 Å². The minimum atomic E-state index is -10.7. The van der Waals surface area contributed by atoms with Crippen molar-refractivity contribution in [3.63, 3.8) is 0 Å². The van der Waals surface area contributed by atoms with Crippen LogP contribution < -0.4 is 4.74 Å². The van der Waals surface area contributed by atoms with E-state index in [0.29, 0.717) is 12.5 Å². The summed E-state index contributed by atoms with van der Waals surface area (Å²) in [5.41, 5.74) is 0. The zero-order chi connectivity index (χ0) is 12.9. The van der Waals surface area contributed by atoms with Crippen LogP contribution >= 0.6 is 7.81 Å². The zero-order valence-electron chi connectivity index (χ0n) is 9.09. The molecule has 0 unspecified atom stereocenters. The number of nitrogens with zero attached hydrogens (tertiary/aromatic N) is 1. The Hall–Kier alpha value is -1.04. The van der Waals surface area contributed by atoms with Gasteiger partial charge in [-0.1, -0.05) is 6.07 Å². The van der Waals surface area contributed by atoms with Crippen molar-refractivity contribution in [3.05, 3.63) is 24.4 Å². The van der Waals surface area contributed by atoms with Crippen LogP contribution in [0.15, 0.2) is 24.4 Å². The van der Waals surface area contributed by atoms with Crippen LogP contribution in [0.3, 0.4) is 0 Å². The van der Waals surface area contributed by atoms with Gasteiger partial charge in [-0.15, -0.1) is 0 Å². The number of pyridine rings is 1. The first-order valence-electron chi connectivity index (χ1n) is 3.98. The van der Waals surface area contributed by atoms with Crippen molar-refractivity contribution in [2.45, 2.75) is 6.92 Å². The van der Waals surface area contributed by atoms with Crippen LogP contribution in [0.25, 0.3) is 0 Å². The second-order valence-electron chi connectivity index (χ2n) is 2.56. The van der Waals surface area contributed by atoms with Crippen molar-refractivity contribution >= 4 is 7.81 Å². The summed E-state index contributed by atoms with van der Waals surface area (Å²) in [6.07, 6.45) is 1.71. The fourth-order valence-corrected chi connectivity index (χ4v) is 0.580. The standard InChI is InChI=1S/C7H9NO.F6P/c1-2-9-7-5-3-4-6-8-7;1-7(2,3,4,5)6/h3-6H,2H2,1H3;/q;-1/p+1. The summed E-state index contributed by atoms with van der Waals surface area (Å²) in [7, 11) is -10.7. The van der Waals surface area contributed by atoms with E-state index in [-0.39, 0.29) is 1.43 Å². The Kier molecular flexibility index (Phi) is 3.82. The molecule has 96 valence electrons. The summed E-state index contributed by atoms with van der Waals surface area (Å²) >= 11 is 0. The third-order valence-electron chi connectivity index (χ3n) is 0.930. The van der Waals surface area contributed by atoms with Gasteiger partial charge in [0.05, 0.1) is 6.61 Å². The molecule has 0 amide bonds. The first-order chi connectivity index (χ1) is 6.88.